The van der Waals surface area contributed by atoms with Gasteiger partial charge in [-0.1, -0.05) is 49.4 Å². The Hall–Kier alpha value is -1.42. The van der Waals surface area contributed by atoms with Crippen LogP contribution in [0.15, 0.2) is 42.5 Å². The number of fused-ring (bicyclic) bond motifs is 1. The van der Waals surface area contributed by atoms with Crippen molar-refractivity contribution in [1.29, 1.82) is 0 Å². The van der Waals surface area contributed by atoms with Crippen LogP contribution in [0.25, 0.3) is 10.8 Å². The summed E-state index contributed by atoms with van der Waals surface area (Å²) in [6, 6.07) is 15.0. The number of rotatable bonds is 4. The lowest BCUT2D eigenvalue weighted by Gasteiger charge is -2.31. The van der Waals surface area contributed by atoms with E-state index in [-0.39, 0.29) is 6.04 Å². The number of nitrogens with two attached hydrogens (primary N) is 1. The highest BCUT2D eigenvalue weighted by Crippen LogP contribution is 2.27. The molecule has 3 rings (SSSR count). The lowest BCUT2D eigenvalue weighted by atomic mass is 9.91. The minimum absolute atomic E-state index is 0.0685. The van der Waals surface area contributed by atoms with Crippen molar-refractivity contribution >= 4 is 10.8 Å². The van der Waals surface area contributed by atoms with Gasteiger partial charge in [0.2, 0.25) is 0 Å². The molecule has 0 spiro atoms. The quantitative estimate of drug-likeness (QED) is 0.938. The average molecular weight is 284 g/mol. The van der Waals surface area contributed by atoms with Gasteiger partial charge >= 0.3 is 0 Å². The van der Waals surface area contributed by atoms with Crippen LogP contribution in [0.4, 0.5) is 0 Å². The van der Waals surface area contributed by atoms with Gasteiger partial charge in [0.25, 0.3) is 0 Å². The Balaban J connectivity index is 1.77. The Morgan fingerprint density at radius 3 is 2.62 bits per heavy atom. The SMILES string of the molecule is C[C@@H](CN1CCOCC1)[C@@H](N)c1cccc2ccccc12. The number of nitrogens with zero attached hydrogens (tertiary/aromatic N) is 1. The van der Waals surface area contributed by atoms with E-state index in [1.54, 1.807) is 0 Å². The molecule has 2 aromatic rings. The largest absolute Gasteiger partial charge is 0.379 e. The van der Waals surface area contributed by atoms with Crippen LogP contribution in [0.5, 0.6) is 0 Å². The van der Waals surface area contributed by atoms with Crippen LogP contribution in [-0.4, -0.2) is 37.7 Å². The molecule has 0 saturated carbocycles. The summed E-state index contributed by atoms with van der Waals surface area (Å²) in [5.74, 6) is 0.425. The van der Waals surface area contributed by atoms with E-state index >= 15 is 0 Å². The first kappa shape index (κ1) is 14.5. The zero-order valence-corrected chi connectivity index (χ0v) is 12.7. The van der Waals surface area contributed by atoms with Crippen molar-refractivity contribution in [3.05, 3.63) is 48.0 Å². The van der Waals surface area contributed by atoms with Crippen LogP contribution in [0.1, 0.15) is 18.5 Å². The van der Waals surface area contributed by atoms with Gasteiger partial charge in [0.05, 0.1) is 13.2 Å². The first-order valence-electron chi connectivity index (χ1n) is 7.79. The minimum Gasteiger partial charge on any atom is -0.379 e. The van der Waals surface area contributed by atoms with Crippen molar-refractivity contribution in [1.82, 2.24) is 4.90 Å². The molecule has 3 nitrogen and oxygen atoms in total. The van der Waals surface area contributed by atoms with Gasteiger partial charge < -0.3 is 10.5 Å². The molecule has 1 aliphatic heterocycles. The van der Waals surface area contributed by atoms with Gasteiger partial charge in [0.15, 0.2) is 0 Å². The lowest BCUT2D eigenvalue weighted by Crippen LogP contribution is -2.40. The van der Waals surface area contributed by atoms with Crippen LogP contribution in [0, 0.1) is 5.92 Å². The topological polar surface area (TPSA) is 38.5 Å². The van der Waals surface area contributed by atoms with Gasteiger partial charge in [0.1, 0.15) is 0 Å². The molecule has 0 unspecified atom stereocenters. The van der Waals surface area contributed by atoms with E-state index in [9.17, 15) is 0 Å². The van der Waals surface area contributed by atoms with Crippen molar-refractivity contribution in [3.63, 3.8) is 0 Å². The molecule has 1 saturated heterocycles. The van der Waals surface area contributed by atoms with Crippen molar-refractivity contribution < 1.29 is 4.74 Å². The summed E-state index contributed by atoms with van der Waals surface area (Å²) in [5.41, 5.74) is 7.82. The second-order valence-electron chi connectivity index (χ2n) is 5.98. The van der Waals surface area contributed by atoms with Crippen LogP contribution >= 0.6 is 0 Å². The van der Waals surface area contributed by atoms with E-state index in [1.807, 2.05) is 0 Å². The molecular weight excluding hydrogens is 260 g/mol. The Morgan fingerprint density at radius 2 is 1.81 bits per heavy atom. The molecule has 2 N–H and O–H groups in total. The average Bonchev–Trinajstić information content (AvgIpc) is 2.54. The molecule has 2 aromatic carbocycles. The van der Waals surface area contributed by atoms with Crippen LogP contribution in [0.3, 0.4) is 0 Å². The van der Waals surface area contributed by atoms with E-state index < -0.39 is 0 Å². The number of morpholine rings is 1. The highest BCUT2D eigenvalue weighted by Gasteiger charge is 2.21. The second-order valence-corrected chi connectivity index (χ2v) is 5.98. The molecule has 0 bridgehead atoms. The number of ether oxygens (including phenoxy) is 1. The van der Waals surface area contributed by atoms with E-state index in [0.717, 1.165) is 32.8 Å². The third kappa shape index (κ3) is 3.26. The Morgan fingerprint density at radius 1 is 1.10 bits per heavy atom. The molecule has 1 aliphatic rings. The molecule has 1 fully saturated rings. The summed E-state index contributed by atoms with van der Waals surface area (Å²) in [4.78, 5) is 2.46. The summed E-state index contributed by atoms with van der Waals surface area (Å²) in [5, 5.41) is 2.55. The number of hydrogen-bond acceptors (Lipinski definition) is 3. The van der Waals surface area contributed by atoms with Gasteiger partial charge in [-0.25, -0.2) is 0 Å². The third-order valence-corrected chi connectivity index (χ3v) is 4.45. The van der Waals surface area contributed by atoms with Crippen molar-refractivity contribution in [2.75, 3.05) is 32.8 Å². The highest BCUT2D eigenvalue weighted by molar-refractivity contribution is 5.86. The monoisotopic (exact) mass is 284 g/mol. The van der Waals surface area contributed by atoms with Crippen molar-refractivity contribution in [3.8, 4) is 0 Å². The maximum absolute atomic E-state index is 6.56. The first-order valence-corrected chi connectivity index (χ1v) is 7.79. The zero-order valence-electron chi connectivity index (χ0n) is 12.7. The minimum atomic E-state index is 0.0685. The van der Waals surface area contributed by atoms with Gasteiger partial charge in [-0.15, -0.1) is 0 Å². The summed E-state index contributed by atoms with van der Waals surface area (Å²) in [6.45, 7) is 7.02. The fourth-order valence-corrected chi connectivity index (χ4v) is 3.15. The molecule has 0 aromatic heterocycles. The molecule has 3 heteroatoms. The summed E-state index contributed by atoms with van der Waals surface area (Å²) in [6.07, 6.45) is 0. The summed E-state index contributed by atoms with van der Waals surface area (Å²) < 4.78 is 5.41. The first-order chi connectivity index (χ1) is 10.3. The maximum atomic E-state index is 6.56. The maximum Gasteiger partial charge on any atom is 0.0594 e. The van der Waals surface area contributed by atoms with Crippen LogP contribution in [-0.2, 0) is 4.74 Å². The third-order valence-electron chi connectivity index (χ3n) is 4.45. The molecule has 0 amide bonds. The fourth-order valence-electron chi connectivity index (χ4n) is 3.15. The number of benzene rings is 2. The molecule has 1 heterocycles. The Kier molecular flexibility index (Phi) is 4.54. The lowest BCUT2D eigenvalue weighted by molar-refractivity contribution is 0.0301. The Labute approximate surface area is 126 Å². The van der Waals surface area contributed by atoms with Gasteiger partial charge in [-0.05, 0) is 22.3 Å². The van der Waals surface area contributed by atoms with Crippen molar-refractivity contribution in [2.24, 2.45) is 11.7 Å². The Bertz CT molecular complexity index is 587. The molecular formula is C18H24N2O. The zero-order chi connectivity index (χ0) is 14.7. The van der Waals surface area contributed by atoms with Gasteiger partial charge in [-0.3, -0.25) is 4.90 Å². The van der Waals surface area contributed by atoms with E-state index in [0.29, 0.717) is 5.92 Å². The van der Waals surface area contributed by atoms with Gasteiger partial charge in [-0.2, -0.15) is 0 Å². The van der Waals surface area contributed by atoms with E-state index in [2.05, 4.69) is 54.3 Å². The predicted octanol–water partition coefficient (Wildman–Crippen LogP) is 2.81. The molecule has 0 aliphatic carbocycles. The fraction of sp³-hybridized carbons (Fsp3) is 0.444. The van der Waals surface area contributed by atoms with Crippen LogP contribution < -0.4 is 5.73 Å². The predicted molar refractivity (Wildman–Crippen MR) is 87.3 cm³/mol. The molecule has 21 heavy (non-hydrogen) atoms. The second kappa shape index (κ2) is 6.56. The highest BCUT2D eigenvalue weighted by atomic mass is 16.5. The van der Waals surface area contributed by atoms with Crippen molar-refractivity contribution in [2.45, 2.75) is 13.0 Å². The summed E-state index contributed by atoms with van der Waals surface area (Å²) in [7, 11) is 0. The number of hydrogen-bond donors (Lipinski definition) is 1. The smallest absolute Gasteiger partial charge is 0.0594 e. The van der Waals surface area contributed by atoms with Gasteiger partial charge in [0, 0.05) is 25.7 Å². The standard InChI is InChI=1S/C18H24N2O/c1-14(13-20-9-11-21-12-10-20)18(19)17-8-4-6-15-5-2-3-7-16(15)17/h2-8,14,18H,9-13,19H2,1H3/t14-,18+/m0/s1. The van der Waals surface area contributed by atoms with Crippen LogP contribution in [0.2, 0.25) is 0 Å². The molecule has 0 radical (unpaired) electrons. The normalized spacial score (nSPS) is 19.5. The summed E-state index contributed by atoms with van der Waals surface area (Å²) >= 11 is 0. The molecule has 112 valence electrons. The molecule has 2 atom stereocenters. The van der Waals surface area contributed by atoms with E-state index in [1.165, 1.54) is 16.3 Å². The van der Waals surface area contributed by atoms with E-state index in [4.69, 9.17) is 10.5 Å².